The molecule has 0 spiro atoms. The van der Waals surface area contributed by atoms with Gasteiger partial charge in [-0.25, -0.2) is 0 Å². The fourth-order valence-electron chi connectivity index (χ4n) is 3.89. The van der Waals surface area contributed by atoms with Gasteiger partial charge in [0.2, 0.25) is 0 Å². The van der Waals surface area contributed by atoms with Gasteiger partial charge in [-0.05, 0) is 65.1 Å². The largest absolute Gasteiger partial charge is 0.497 e. The zero-order valence-electron chi connectivity index (χ0n) is 15.0. The highest BCUT2D eigenvalue weighted by Gasteiger charge is 2.64. The van der Waals surface area contributed by atoms with E-state index in [1.165, 1.54) is 0 Å². The van der Waals surface area contributed by atoms with Crippen LogP contribution in [0.4, 0.5) is 0 Å². The van der Waals surface area contributed by atoms with Crippen molar-refractivity contribution in [2.45, 2.75) is 13.8 Å². The maximum Gasteiger partial charge on any atom is 0.118 e. The first-order valence-electron chi connectivity index (χ1n) is 8.50. The van der Waals surface area contributed by atoms with Gasteiger partial charge in [0.05, 0.1) is 25.6 Å². The van der Waals surface area contributed by atoms with Crippen LogP contribution in [0.25, 0.3) is 0 Å². The van der Waals surface area contributed by atoms with Gasteiger partial charge in [-0.3, -0.25) is 0 Å². The van der Waals surface area contributed by atoms with E-state index < -0.39 is 0 Å². The van der Waals surface area contributed by atoms with Crippen LogP contribution in [-0.2, 0) is 0 Å². The Kier molecular flexibility index (Phi) is 3.64. The maximum absolute atomic E-state index is 5.25. The molecule has 1 heterocycles. The van der Waals surface area contributed by atoms with Gasteiger partial charge in [-0.2, -0.15) is 10.2 Å². The number of benzene rings is 2. The molecule has 4 nitrogen and oxygen atoms in total. The minimum absolute atomic E-state index is 0.161. The molecule has 2 atom stereocenters. The molecule has 0 N–H and O–H groups in total. The molecular weight excluding hydrogens is 312 g/mol. The Morgan fingerprint density at radius 1 is 0.680 bits per heavy atom. The van der Waals surface area contributed by atoms with E-state index >= 15 is 0 Å². The fourth-order valence-corrected chi connectivity index (χ4v) is 3.89. The van der Waals surface area contributed by atoms with Crippen LogP contribution in [0.2, 0.25) is 0 Å². The van der Waals surface area contributed by atoms with Crippen LogP contribution in [0.15, 0.2) is 58.7 Å². The van der Waals surface area contributed by atoms with Crippen molar-refractivity contribution < 1.29 is 9.47 Å². The molecule has 4 heteroatoms. The quantitative estimate of drug-likeness (QED) is 0.842. The van der Waals surface area contributed by atoms with Crippen molar-refractivity contribution in [3.05, 3.63) is 59.7 Å². The summed E-state index contributed by atoms with van der Waals surface area (Å²) in [7, 11) is 3.36. The fraction of sp³-hybridized carbons (Fsp3) is 0.333. The third-order valence-electron chi connectivity index (χ3n) is 5.45. The summed E-state index contributed by atoms with van der Waals surface area (Å²) in [6, 6.07) is 16.2. The molecule has 4 rings (SSSR count). The van der Waals surface area contributed by atoms with Gasteiger partial charge in [0.1, 0.15) is 11.5 Å². The van der Waals surface area contributed by atoms with Gasteiger partial charge in [0.25, 0.3) is 0 Å². The summed E-state index contributed by atoms with van der Waals surface area (Å²) in [4.78, 5) is 0. The molecule has 1 fully saturated rings. The Hall–Kier alpha value is -2.62. The lowest BCUT2D eigenvalue weighted by Gasteiger charge is -2.12. The van der Waals surface area contributed by atoms with Crippen molar-refractivity contribution in [3.8, 4) is 11.5 Å². The minimum Gasteiger partial charge on any atom is -0.497 e. The molecule has 1 aliphatic carbocycles. The van der Waals surface area contributed by atoms with Crippen molar-refractivity contribution in [2.24, 2.45) is 27.5 Å². The average Bonchev–Trinajstić information content (AvgIpc) is 3.24. The smallest absolute Gasteiger partial charge is 0.118 e. The summed E-state index contributed by atoms with van der Waals surface area (Å²) < 4.78 is 10.5. The summed E-state index contributed by atoms with van der Waals surface area (Å²) in [5, 5.41) is 9.21. The SMILES string of the molecule is COc1ccc(C2=NN=C(c3ccc(OC)cc3)C3C2C3(C)C)cc1. The van der Waals surface area contributed by atoms with Crippen LogP contribution in [0.5, 0.6) is 11.5 Å². The molecular formula is C21H22N2O2. The van der Waals surface area contributed by atoms with Crippen LogP contribution >= 0.6 is 0 Å². The highest BCUT2D eigenvalue weighted by atomic mass is 16.5. The van der Waals surface area contributed by atoms with E-state index in [0.717, 1.165) is 34.0 Å². The molecule has 0 bridgehead atoms. The monoisotopic (exact) mass is 334 g/mol. The Morgan fingerprint density at radius 2 is 1.04 bits per heavy atom. The van der Waals surface area contributed by atoms with Crippen LogP contribution < -0.4 is 9.47 Å². The molecule has 25 heavy (non-hydrogen) atoms. The van der Waals surface area contributed by atoms with Gasteiger partial charge in [0.15, 0.2) is 0 Å². The minimum atomic E-state index is 0.161. The van der Waals surface area contributed by atoms with Crippen molar-refractivity contribution >= 4 is 11.4 Å². The highest BCUT2D eigenvalue weighted by molar-refractivity contribution is 6.15. The normalized spacial score (nSPS) is 23.2. The summed E-state index contributed by atoms with van der Waals surface area (Å²) in [6.07, 6.45) is 0. The summed E-state index contributed by atoms with van der Waals surface area (Å²) >= 11 is 0. The van der Waals surface area contributed by atoms with Crippen LogP contribution in [0, 0.1) is 17.3 Å². The van der Waals surface area contributed by atoms with E-state index in [0.29, 0.717) is 11.8 Å². The lowest BCUT2D eigenvalue weighted by atomic mass is 9.99. The first kappa shape index (κ1) is 15.9. The third-order valence-corrected chi connectivity index (χ3v) is 5.45. The standard InChI is InChI=1S/C21H22N2O2/c1-21(2)17-18(21)20(14-7-11-16(25-4)12-8-14)23-22-19(17)13-5-9-15(24-3)10-6-13/h5-12,17-18H,1-4H3. The average molecular weight is 334 g/mol. The number of fused-ring (bicyclic) bond motifs is 1. The first-order valence-corrected chi connectivity index (χ1v) is 8.50. The van der Waals surface area contributed by atoms with E-state index in [-0.39, 0.29) is 5.41 Å². The molecule has 128 valence electrons. The maximum atomic E-state index is 5.25. The lowest BCUT2D eigenvalue weighted by molar-refractivity contribution is 0.414. The van der Waals surface area contributed by atoms with Crippen LogP contribution in [0.1, 0.15) is 25.0 Å². The molecule has 2 unspecified atom stereocenters. The molecule has 0 amide bonds. The molecule has 0 radical (unpaired) electrons. The zero-order valence-corrected chi connectivity index (χ0v) is 15.0. The van der Waals surface area contributed by atoms with Crippen molar-refractivity contribution in [3.63, 3.8) is 0 Å². The van der Waals surface area contributed by atoms with Crippen molar-refractivity contribution in [2.75, 3.05) is 14.2 Å². The van der Waals surface area contributed by atoms with Crippen molar-refractivity contribution in [1.29, 1.82) is 0 Å². The number of hydrogen-bond donors (Lipinski definition) is 0. The lowest BCUT2D eigenvalue weighted by Crippen LogP contribution is -2.15. The first-order chi connectivity index (χ1) is 12.1. The second-order valence-electron chi connectivity index (χ2n) is 7.20. The van der Waals surface area contributed by atoms with Gasteiger partial charge in [0, 0.05) is 11.8 Å². The Balaban J connectivity index is 1.71. The van der Waals surface area contributed by atoms with Crippen molar-refractivity contribution in [1.82, 2.24) is 0 Å². The summed E-state index contributed by atoms with van der Waals surface area (Å²) in [5.41, 5.74) is 4.57. The molecule has 2 aromatic rings. The number of methoxy groups -OCH3 is 2. The molecule has 0 aromatic heterocycles. The summed E-state index contributed by atoms with van der Waals surface area (Å²) in [5.74, 6) is 2.51. The molecule has 0 saturated heterocycles. The van der Waals surface area contributed by atoms with Gasteiger partial charge >= 0.3 is 0 Å². The number of nitrogens with zero attached hydrogens (tertiary/aromatic N) is 2. The molecule has 1 saturated carbocycles. The third kappa shape index (κ3) is 2.53. The molecule has 2 aliphatic rings. The number of hydrogen-bond acceptors (Lipinski definition) is 4. The predicted molar refractivity (Wildman–Crippen MR) is 99.8 cm³/mol. The van der Waals surface area contributed by atoms with Gasteiger partial charge in [-0.1, -0.05) is 13.8 Å². The summed E-state index contributed by atoms with van der Waals surface area (Å²) in [6.45, 7) is 4.59. The second kappa shape index (κ2) is 5.73. The molecule has 2 aromatic carbocycles. The van der Waals surface area contributed by atoms with E-state index in [4.69, 9.17) is 9.47 Å². The zero-order chi connectivity index (χ0) is 17.6. The topological polar surface area (TPSA) is 43.2 Å². The van der Waals surface area contributed by atoms with Crippen LogP contribution in [0.3, 0.4) is 0 Å². The van der Waals surface area contributed by atoms with E-state index in [9.17, 15) is 0 Å². The van der Waals surface area contributed by atoms with Crippen LogP contribution in [-0.4, -0.2) is 25.6 Å². The second-order valence-corrected chi connectivity index (χ2v) is 7.20. The van der Waals surface area contributed by atoms with Gasteiger partial charge < -0.3 is 9.47 Å². The highest BCUT2D eigenvalue weighted by Crippen LogP contribution is 2.62. The predicted octanol–water partition coefficient (Wildman–Crippen LogP) is 4.18. The van der Waals surface area contributed by atoms with E-state index in [1.807, 2.05) is 24.3 Å². The Morgan fingerprint density at radius 3 is 1.36 bits per heavy atom. The molecule has 1 aliphatic heterocycles. The van der Waals surface area contributed by atoms with E-state index in [1.54, 1.807) is 14.2 Å². The Bertz CT molecular complexity index is 777. The number of rotatable bonds is 4. The van der Waals surface area contributed by atoms with E-state index in [2.05, 4.69) is 48.3 Å². The Labute approximate surface area is 148 Å². The van der Waals surface area contributed by atoms with Gasteiger partial charge in [-0.15, -0.1) is 0 Å². The number of ether oxygens (including phenoxy) is 2.